The molecular formula is C41H47N3O6. The minimum atomic E-state index is -1.18. The van der Waals surface area contributed by atoms with Gasteiger partial charge in [-0.25, -0.2) is 9.59 Å². The highest BCUT2D eigenvalue weighted by Crippen LogP contribution is 2.37. The van der Waals surface area contributed by atoms with Gasteiger partial charge in [-0.3, -0.25) is 0 Å². The Morgan fingerprint density at radius 2 is 1.06 bits per heavy atom. The highest BCUT2D eigenvalue weighted by atomic mass is 16.4. The summed E-state index contributed by atoms with van der Waals surface area (Å²) in [6.45, 7) is 8.33. The molecule has 0 radical (unpaired) electrons. The van der Waals surface area contributed by atoms with Crippen LogP contribution in [0.5, 0.6) is 11.5 Å². The Hall–Kier alpha value is -5.64. The van der Waals surface area contributed by atoms with Crippen LogP contribution in [0.3, 0.4) is 0 Å². The maximum absolute atomic E-state index is 10.7. The van der Waals surface area contributed by atoms with Gasteiger partial charge in [0.2, 0.25) is 0 Å². The number of hydrogen-bond donors (Lipinski definition) is 4. The highest BCUT2D eigenvalue weighted by Gasteiger charge is 2.27. The van der Waals surface area contributed by atoms with Gasteiger partial charge in [0.15, 0.2) is 0 Å². The summed E-state index contributed by atoms with van der Waals surface area (Å²) in [6.07, 6.45) is 11.5. The maximum atomic E-state index is 10.7. The third-order valence-corrected chi connectivity index (χ3v) is 8.34. The first-order valence-corrected chi connectivity index (χ1v) is 16.7. The fraction of sp³-hybridized carbons (Fsp3) is 0.220. The predicted octanol–water partition coefficient (Wildman–Crippen LogP) is 4.63. The van der Waals surface area contributed by atoms with Crippen LogP contribution in [0.25, 0.3) is 5.57 Å². The van der Waals surface area contributed by atoms with E-state index in [1.807, 2.05) is 0 Å². The van der Waals surface area contributed by atoms with Gasteiger partial charge in [-0.1, -0.05) is 115 Å². The van der Waals surface area contributed by atoms with Crippen molar-refractivity contribution in [1.29, 1.82) is 0 Å². The van der Waals surface area contributed by atoms with Crippen LogP contribution in [0.4, 0.5) is 5.69 Å². The summed E-state index contributed by atoms with van der Waals surface area (Å²) in [4.78, 5) is 22.8. The highest BCUT2D eigenvalue weighted by molar-refractivity contribution is 5.91. The van der Waals surface area contributed by atoms with Gasteiger partial charge in [0, 0.05) is 37.0 Å². The van der Waals surface area contributed by atoms with Gasteiger partial charge in [0.05, 0.1) is 24.2 Å². The number of quaternary nitrogens is 2. The fourth-order valence-corrected chi connectivity index (χ4v) is 5.72. The molecule has 0 aliphatic heterocycles. The van der Waals surface area contributed by atoms with E-state index in [9.17, 15) is 19.8 Å². The number of para-hydroxylation sites is 2. The molecule has 9 heteroatoms. The first-order chi connectivity index (χ1) is 24.1. The second kappa shape index (κ2) is 19.4. The molecule has 4 aromatic rings. The third kappa shape index (κ3) is 10.7. The summed E-state index contributed by atoms with van der Waals surface area (Å²) in [5, 5.41) is 38.1. The van der Waals surface area contributed by atoms with Crippen LogP contribution in [-0.4, -0.2) is 48.3 Å². The van der Waals surface area contributed by atoms with Crippen LogP contribution in [0.15, 0.2) is 133 Å². The van der Waals surface area contributed by atoms with E-state index < -0.39 is 23.4 Å². The topological polar surface area (TPSA) is 179 Å². The van der Waals surface area contributed by atoms with Gasteiger partial charge in [-0.2, -0.15) is 0 Å². The van der Waals surface area contributed by atoms with Crippen LogP contribution < -0.4 is 26.6 Å². The number of hydrogen-bond acceptors (Lipinski definition) is 5. The van der Waals surface area contributed by atoms with Crippen molar-refractivity contribution in [3.05, 3.63) is 155 Å². The molecule has 0 fully saturated rings. The van der Waals surface area contributed by atoms with E-state index in [0.29, 0.717) is 0 Å². The number of benzene rings is 4. The lowest BCUT2D eigenvalue weighted by Gasteiger charge is -2.28. The standard InChI is InChI=1S/C27H35N3.2C7H6O3/c1-3-30(4-2)25-12-10-23(11-13-25)26(22-8-6-5-7-9-22)24-14-16-27(17-15-24,18-20-28)19-21-29;2*8-6-4-2-1-3-5(6)7(9)10/h5-17H,3-4,18-21,28-29H2,1-2H3;2*1-4,8H,(H,9,10). The predicted molar refractivity (Wildman–Crippen MR) is 194 cm³/mol. The number of allylic oxidation sites excluding steroid dienone is 5. The van der Waals surface area contributed by atoms with Gasteiger partial charge in [0.1, 0.15) is 0 Å². The molecule has 50 heavy (non-hydrogen) atoms. The summed E-state index contributed by atoms with van der Waals surface area (Å²) in [7, 11) is 0. The van der Waals surface area contributed by atoms with E-state index in [0.717, 1.165) is 39.0 Å². The molecule has 0 aromatic heterocycles. The summed E-state index contributed by atoms with van der Waals surface area (Å²) < 4.78 is 0. The van der Waals surface area contributed by atoms with Crippen LogP contribution in [-0.2, 0) is 0 Å². The number of nitrogens with zero attached hydrogens (tertiary/aromatic N) is 1. The third-order valence-electron chi connectivity index (χ3n) is 8.34. The number of carboxylic acids is 2. The first-order valence-electron chi connectivity index (χ1n) is 16.7. The number of anilines is 1. The molecule has 1 aliphatic carbocycles. The second-order valence-corrected chi connectivity index (χ2v) is 11.6. The minimum Gasteiger partial charge on any atom is -0.872 e. The molecule has 1 aliphatic rings. The molecule has 8 N–H and O–H groups in total. The van der Waals surface area contributed by atoms with Gasteiger partial charge in [-0.05, 0) is 60.4 Å². The Morgan fingerprint density at radius 1 is 0.640 bits per heavy atom. The number of rotatable bonds is 11. The van der Waals surface area contributed by atoms with E-state index in [4.69, 9.17) is 10.2 Å². The fourth-order valence-electron chi connectivity index (χ4n) is 5.72. The van der Waals surface area contributed by atoms with Gasteiger partial charge in [0.25, 0.3) is 0 Å². The van der Waals surface area contributed by atoms with Crippen LogP contribution in [0.2, 0.25) is 0 Å². The molecule has 0 heterocycles. The Labute approximate surface area is 294 Å². The average molecular weight is 678 g/mol. The van der Waals surface area contributed by atoms with Crippen molar-refractivity contribution in [3.8, 4) is 11.5 Å². The lowest BCUT2D eigenvalue weighted by atomic mass is 9.76. The summed E-state index contributed by atoms with van der Waals surface area (Å²) in [5.41, 5.74) is 14.2. The molecule has 9 nitrogen and oxygen atoms in total. The molecular weight excluding hydrogens is 630 g/mol. The van der Waals surface area contributed by atoms with E-state index in [1.54, 1.807) is 0 Å². The number of carbonyl (C=O) groups is 2. The molecule has 0 saturated carbocycles. The molecule has 5 rings (SSSR count). The van der Waals surface area contributed by atoms with E-state index in [2.05, 4.69) is 109 Å². The monoisotopic (exact) mass is 677 g/mol. The van der Waals surface area contributed by atoms with Crippen molar-refractivity contribution >= 4 is 23.2 Å². The zero-order valence-electron chi connectivity index (χ0n) is 28.8. The Morgan fingerprint density at radius 3 is 1.44 bits per heavy atom. The smallest absolute Gasteiger partial charge is 0.335 e. The van der Waals surface area contributed by atoms with Crippen LogP contribution in [0.1, 0.15) is 58.5 Å². The van der Waals surface area contributed by atoms with Crippen molar-refractivity contribution in [3.63, 3.8) is 0 Å². The minimum absolute atomic E-state index is 0.0986. The van der Waals surface area contributed by atoms with Gasteiger partial charge < -0.3 is 36.8 Å². The maximum Gasteiger partial charge on any atom is 0.335 e. The van der Waals surface area contributed by atoms with Crippen molar-refractivity contribution in [2.75, 3.05) is 31.1 Å². The van der Waals surface area contributed by atoms with Crippen molar-refractivity contribution in [2.45, 2.75) is 26.7 Å². The van der Waals surface area contributed by atoms with Crippen LogP contribution >= 0.6 is 0 Å². The van der Waals surface area contributed by atoms with Crippen molar-refractivity contribution < 1.29 is 41.5 Å². The molecule has 0 spiro atoms. The molecule has 0 bridgehead atoms. The average Bonchev–Trinajstić information content (AvgIpc) is 3.12. The summed E-state index contributed by atoms with van der Waals surface area (Å²) in [6, 6.07) is 30.8. The SMILES string of the molecule is CCN(CC)c1ccc(C(=C2C=CC(CC[NH3+])(CC[NH3+])C=C2)c2ccccc2)cc1.O=C(O)c1ccccc1[O-].O=C(O)c1ccccc1[O-]. The second-order valence-electron chi connectivity index (χ2n) is 11.6. The first kappa shape index (κ1) is 38.8. The Balaban J connectivity index is 0.000000273. The lowest BCUT2D eigenvalue weighted by Crippen LogP contribution is -2.54. The number of aromatic carboxylic acids is 2. The quantitative estimate of drug-likeness (QED) is 0.179. The normalized spacial score (nSPS) is 12.5. The molecule has 0 saturated heterocycles. The van der Waals surface area contributed by atoms with E-state index in [-0.39, 0.29) is 16.5 Å². The van der Waals surface area contributed by atoms with Gasteiger partial charge >= 0.3 is 11.9 Å². The zero-order valence-corrected chi connectivity index (χ0v) is 28.8. The number of carboxylic acid groups (broad SMARTS) is 2. The lowest BCUT2D eigenvalue weighted by molar-refractivity contribution is -0.379. The Kier molecular flexibility index (Phi) is 15.0. The summed E-state index contributed by atoms with van der Waals surface area (Å²) >= 11 is 0. The van der Waals surface area contributed by atoms with Crippen molar-refractivity contribution in [2.24, 2.45) is 5.41 Å². The zero-order chi connectivity index (χ0) is 36.5. The molecule has 4 aromatic carbocycles. The largest absolute Gasteiger partial charge is 0.872 e. The molecule has 0 unspecified atom stereocenters. The molecule has 0 atom stereocenters. The van der Waals surface area contributed by atoms with Crippen molar-refractivity contribution in [1.82, 2.24) is 0 Å². The molecule has 0 amide bonds. The summed E-state index contributed by atoms with van der Waals surface area (Å²) in [5.74, 6) is -3.25. The van der Waals surface area contributed by atoms with E-state index in [1.165, 1.54) is 76.5 Å². The molecule has 262 valence electrons. The van der Waals surface area contributed by atoms with E-state index >= 15 is 0 Å². The Bertz CT molecular complexity index is 1700. The van der Waals surface area contributed by atoms with Crippen LogP contribution in [0, 0.1) is 5.41 Å². The van der Waals surface area contributed by atoms with Gasteiger partial charge in [-0.15, -0.1) is 0 Å².